The van der Waals surface area contributed by atoms with Crippen LogP contribution in [0.2, 0.25) is 0 Å². The summed E-state index contributed by atoms with van der Waals surface area (Å²) in [5, 5.41) is 11.0. The third-order valence-electron chi connectivity index (χ3n) is 2.49. The lowest BCUT2D eigenvalue weighted by molar-refractivity contribution is -0.137. The summed E-state index contributed by atoms with van der Waals surface area (Å²) in [6.07, 6.45) is -3.09. The van der Waals surface area contributed by atoms with E-state index in [4.69, 9.17) is 5.26 Å². The number of nitrogens with zero attached hydrogens (tertiary/aromatic N) is 1. The van der Waals surface area contributed by atoms with Gasteiger partial charge in [-0.15, -0.1) is 0 Å². The molecule has 0 bridgehead atoms. The molecule has 0 radical (unpaired) electrons. The van der Waals surface area contributed by atoms with E-state index in [1.807, 2.05) is 0 Å². The second kappa shape index (κ2) is 5.57. The van der Waals surface area contributed by atoms with Crippen LogP contribution in [0.5, 0.6) is 0 Å². The van der Waals surface area contributed by atoms with Gasteiger partial charge in [-0.3, -0.25) is 4.79 Å². The van der Waals surface area contributed by atoms with Gasteiger partial charge >= 0.3 is 6.18 Å². The Kier molecular flexibility index (Phi) is 4.33. The highest BCUT2D eigenvalue weighted by Crippen LogP contribution is 2.33. The van der Waals surface area contributed by atoms with Crippen LogP contribution in [0.25, 0.3) is 0 Å². The average molecular weight is 268 g/mol. The molecular weight excluding hydrogens is 257 g/mol. The summed E-state index contributed by atoms with van der Waals surface area (Å²) >= 11 is 0. The normalized spacial score (nSPS) is 11.9. The Morgan fingerprint density at radius 3 is 2.53 bits per heavy atom. The van der Waals surface area contributed by atoms with Crippen LogP contribution in [0.4, 0.5) is 18.9 Å². The van der Waals surface area contributed by atoms with E-state index >= 15 is 0 Å². The van der Waals surface area contributed by atoms with Crippen LogP contribution in [0, 0.1) is 11.3 Å². The van der Waals surface area contributed by atoms with E-state index in [0.717, 1.165) is 12.1 Å². The third kappa shape index (κ3) is 3.58. The van der Waals surface area contributed by atoms with Crippen LogP contribution in [0.15, 0.2) is 29.8 Å². The number of carbonyl (C=O) groups is 1. The van der Waals surface area contributed by atoms with E-state index in [-0.39, 0.29) is 5.69 Å². The molecule has 0 fully saturated rings. The number of hydrogen-bond donors (Lipinski definition) is 1. The Hall–Kier alpha value is -2.29. The van der Waals surface area contributed by atoms with E-state index in [1.165, 1.54) is 12.1 Å². The first-order valence-electron chi connectivity index (χ1n) is 5.35. The second-order valence-electron chi connectivity index (χ2n) is 3.80. The summed E-state index contributed by atoms with van der Waals surface area (Å²) in [7, 11) is 0. The van der Waals surface area contributed by atoms with Crippen LogP contribution in [-0.4, -0.2) is 5.91 Å². The number of nitriles is 1. The number of alkyl halides is 3. The highest BCUT2D eigenvalue weighted by Gasteiger charge is 2.33. The quantitative estimate of drug-likeness (QED) is 0.835. The van der Waals surface area contributed by atoms with Gasteiger partial charge in [0.1, 0.15) is 0 Å². The van der Waals surface area contributed by atoms with Crippen LogP contribution < -0.4 is 5.32 Å². The van der Waals surface area contributed by atoms with Crippen molar-refractivity contribution in [2.24, 2.45) is 0 Å². The molecule has 1 aromatic rings. The molecule has 3 nitrogen and oxygen atoms in total. The lowest BCUT2D eigenvalue weighted by atomic mass is 10.1. The van der Waals surface area contributed by atoms with E-state index in [2.05, 4.69) is 5.32 Å². The molecule has 1 N–H and O–H groups in total. The molecule has 0 aliphatic rings. The van der Waals surface area contributed by atoms with Crippen molar-refractivity contribution in [3.8, 4) is 6.07 Å². The van der Waals surface area contributed by atoms with E-state index in [0.29, 0.717) is 5.57 Å². The maximum atomic E-state index is 12.7. The summed E-state index contributed by atoms with van der Waals surface area (Å²) in [5.74, 6) is -0.486. The Morgan fingerprint density at radius 2 is 2.05 bits per heavy atom. The molecule has 6 heteroatoms. The number of hydrogen-bond acceptors (Lipinski definition) is 2. The molecule has 0 saturated heterocycles. The van der Waals surface area contributed by atoms with Crippen molar-refractivity contribution in [3.63, 3.8) is 0 Å². The minimum Gasteiger partial charge on any atom is -0.322 e. The smallest absolute Gasteiger partial charge is 0.322 e. The van der Waals surface area contributed by atoms with Gasteiger partial charge in [0.2, 0.25) is 0 Å². The molecule has 1 rings (SSSR count). The molecule has 0 aromatic heterocycles. The predicted octanol–water partition coefficient (Wildman–Crippen LogP) is 3.48. The zero-order chi connectivity index (χ0) is 14.6. The highest BCUT2D eigenvalue weighted by molar-refractivity contribution is 6.03. The van der Waals surface area contributed by atoms with Gasteiger partial charge in [0.15, 0.2) is 0 Å². The SMILES string of the molecule is CC=C(C)C(=O)Nc1ccc(C#N)c(C(F)(F)F)c1. The fraction of sp³-hybridized carbons (Fsp3) is 0.231. The first kappa shape index (κ1) is 14.8. The second-order valence-corrected chi connectivity index (χ2v) is 3.80. The summed E-state index contributed by atoms with van der Waals surface area (Å²) in [6.45, 7) is 3.19. The highest BCUT2D eigenvalue weighted by atomic mass is 19.4. The maximum absolute atomic E-state index is 12.7. The molecule has 0 aliphatic carbocycles. The number of allylic oxidation sites excluding steroid dienone is 1. The van der Waals surface area contributed by atoms with E-state index in [1.54, 1.807) is 19.9 Å². The maximum Gasteiger partial charge on any atom is 0.417 e. The van der Waals surface area contributed by atoms with Crippen LogP contribution in [-0.2, 0) is 11.0 Å². The number of nitrogens with one attached hydrogen (secondary N) is 1. The van der Waals surface area contributed by atoms with Gasteiger partial charge in [0.25, 0.3) is 5.91 Å². The summed E-state index contributed by atoms with van der Waals surface area (Å²) < 4.78 is 38.1. The lowest BCUT2D eigenvalue weighted by Crippen LogP contribution is -2.14. The molecule has 100 valence electrons. The molecule has 0 atom stereocenters. The van der Waals surface area contributed by atoms with Crippen molar-refractivity contribution in [2.75, 3.05) is 5.32 Å². The fourth-order valence-corrected chi connectivity index (χ4v) is 1.31. The topological polar surface area (TPSA) is 52.9 Å². The average Bonchev–Trinajstić information content (AvgIpc) is 2.36. The van der Waals surface area contributed by atoms with Crippen molar-refractivity contribution < 1.29 is 18.0 Å². The van der Waals surface area contributed by atoms with Gasteiger partial charge in [-0.2, -0.15) is 18.4 Å². The molecule has 1 aromatic carbocycles. The molecule has 0 spiro atoms. The number of carbonyl (C=O) groups excluding carboxylic acids is 1. The Balaban J connectivity index is 3.14. The fourth-order valence-electron chi connectivity index (χ4n) is 1.31. The molecule has 0 saturated carbocycles. The lowest BCUT2D eigenvalue weighted by Gasteiger charge is -2.11. The molecule has 0 aliphatic heterocycles. The number of halogens is 3. The minimum atomic E-state index is -4.64. The zero-order valence-electron chi connectivity index (χ0n) is 10.3. The standard InChI is InChI=1S/C13H11F3N2O/c1-3-8(2)12(19)18-10-5-4-9(7-17)11(6-10)13(14,15)16/h3-6H,1-2H3,(H,18,19). The van der Waals surface area contributed by atoms with Crippen molar-refractivity contribution in [3.05, 3.63) is 41.0 Å². The van der Waals surface area contributed by atoms with Gasteiger partial charge < -0.3 is 5.32 Å². The van der Waals surface area contributed by atoms with E-state index in [9.17, 15) is 18.0 Å². The number of anilines is 1. The van der Waals surface area contributed by atoms with Gasteiger partial charge in [-0.05, 0) is 32.0 Å². The van der Waals surface area contributed by atoms with Crippen molar-refractivity contribution in [1.29, 1.82) is 5.26 Å². The summed E-state index contributed by atoms with van der Waals surface area (Å²) in [5.41, 5.74) is -1.16. The predicted molar refractivity (Wildman–Crippen MR) is 64.2 cm³/mol. The van der Waals surface area contributed by atoms with Crippen molar-refractivity contribution in [2.45, 2.75) is 20.0 Å². The van der Waals surface area contributed by atoms with Crippen LogP contribution in [0.1, 0.15) is 25.0 Å². The number of amides is 1. The molecule has 0 heterocycles. The van der Waals surface area contributed by atoms with Gasteiger partial charge in [-0.25, -0.2) is 0 Å². The van der Waals surface area contributed by atoms with Crippen LogP contribution >= 0.6 is 0 Å². The Bertz CT molecular complexity index is 568. The summed E-state index contributed by atoms with van der Waals surface area (Å²) in [4.78, 5) is 11.5. The molecular formula is C13H11F3N2O. The molecule has 1 amide bonds. The van der Waals surface area contributed by atoms with Crippen molar-refractivity contribution >= 4 is 11.6 Å². The minimum absolute atomic E-state index is 0.00229. The first-order valence-corrected chi connectivity index (χ1v) is 5.35. The molecule has 19 heavy (non-hydrogen) atoms. The summed E-state index contributed by atoms with van der Waals surface area (Å²) in [6, 6.07) is 4.51. The van der Waals surface area contributed by atoms with Crippen molar-refractivity contribution in [1.82, 2.24) is 0 Å². The van der Waals surface area contributed by atoms with Crippen LogP contribution in [0.3, 0.4) is 0 Å². The van der Waals surface area contributed by atoms with Gasteiger partial charge in [-0.1, -0.05) is 6.08 Å². The third-order valence-corrected chi connectivity index (χ3v) is 2.49. The largest absolute Gasteiger partial charge is 0.417 e. The van der Waals surface area contributed by atoms with Gasteiger partial charge in [0, 0.05) is 11.3 Å². The first-order chi connectivity index (χ1) is 8.79. The zero-order valence-corrected chi connectivity index (χ0v) is 10.3. The number of benzene rings is 1. The van der Waals surface area contributed by atoms with Gasteiger partial charge in [0.05, 0.1) is 17.2 Å². The Morgan fingerprint density at radius 1 is 1.42 bits per heavy atom. The number of rotatable bonds is 2. The monoisotopic (exact) mass is 268 g/mol. The van der Waals surface area contributed by atoms with E-state index < -0.39 is 23.2 Å². The Labute approximate surface area is 108 Å². The molecule has 0 unspecified atom stereocenters.